The standard InChI is InChI=1S/C19H19ClN4OS/c1-2-3-8-26-19-22-18-21-16-9-13(12-4-6-14(20)7-5-12)10-17(25)15(16)11-24(18)23-19/h4-7,11,13H,2-3,8-10H2,1H3/t13-/m0/s1. The summed E-state index contributed by atoms with van der Waals surface area (Å²) in [6.07, 6.45) is 5.27. The fraction of sp³-hybridized carbons (Fsp3) is 0.368. The van der Waals surface area contributed by atoms with Gasteiger partial charge in [-0.25, -0.2) is 9.50 Å². The van der Waals surface area contributed by atoms with E-state index in [4.69, 9.17) is 11.6 Å². The monoisotopic (exact) mass is 386 g/mol. The van der Waals surface area contributed by atoms with Crippen LogP contribution in [0.1, 0.15) is 53.7 Å². The number of unbranched alkanes of at least 4 members (excludes halogenated alkanes) is 1. The van der Waals surface area contributed by atoms with Crippen molar-refractivity contribution in [3.8, 4) is 0 Å². The first-order valence-electron chi connectivity index (χ1n) is 8.82. The number of fused-ring (bicyclic) bond motifs is 2. The molecule has 0 N–H and O–H groups in total. The topological polar surface area (TPSA) is 60.1 Å². The van der Waals surface area contributed by atoms with Crippen molar-refractivity contribution in [3.63, 3.8) is 0 Å². The number of aromatic nitrogens is 4. The second kappa shape index (κ2) is 7.37. The van der Waals surface area contributed by atoms with Gasteiger partial charge in [-0.1, -0.05) is 48.8 Å². The lowest BCUT2D eigenvalue weighted by atomic mass is 9.82. The van der Waals surface area contributed by atoms with Crippen LogP contribution in [-0.2, 0) is 6.42 Å². The summed E-state index contributed by atoms with van der Waals surface area (Å²) in [5.74, 6) is 1.79. The molecule has 134 valence electrons. The summed E-state index contributed by atoms with van der Waals surface area (Å²) < 4.78 is 1.63. The van der Waals surface area contributed by atoms with Crippen LogP contribution in [0.4, 0.5) is 0 Å². The Balaban J connectivity index is 1.63. The fourth-order valence-electron chi connectivity index (χ4n) is 3.20. The molecule has 2 heterocycles. The molecule has 0 aliphatic heterocycles. The highest BCUT2D eigenvalue weighted by atomic mass is 35.5. The van der Waals surface area contributed by atoms with Crippen molar-refractivity contribution >= 4 is 34.9 Å². The number of hydrogen-bond acceptors (Lipinski definition) is 5. The zero-order chi connectivity index (χ0) is 18.1. The summed E-state index contributed by atoms with van der Waals surface area (Å²) in [5, 5.41) is 5.87. The van der Waals surface area contributed by atoms with E-state index in [0.29, 0.717) is 22.8 Å². The molecular weight excluding hydrogens is 368 g/mol. The molecule has 4 rings (SSSR count). The van der Waals surface area contributed by atoms with Crippen molar-refractivity contribution in [2.45, 2.75) is 43.7 Å². The van der Waals surface area contributed by atoms with E-state index >= 15 is 0 Å². The summed E-state index contributed by atoms with van der Waals surface area (Å²) in [6.45, 7) is 2.16. The molecule has 0 radical (unpaired) electrons. The van der Waals surface area contributed by atoms with Gasteiger partial charge in [0, 0.05) is 23.4 Å². The summed E-state index contributed by atoms with van der Waals surface area (Å²) in [4.78, 5) is 21.8. The molecule has 0 unspecified atom stereocenters. The van der Waals surface area contributed by atoms with Crippen LogP contribution >= 0.6 is 23.4 Å². The number of nitrogens with zero attached hydrogens (tertiary/aromatic N) is 4. The SMILES string of the molecule is CCCCSc1nc2nc3c(cn2n1)C(=O)C[C@@H](c1ccc(Cl)cc1)C3. The van der Waals surface area contributed by atoms with E-state index in [1.165, 1.54) is 0 Å². The van der Waals surface area contributed by atoms with Gasteiger partial charge >= 0.3 is 0 Å². The quantitative estimate of drug-likeness (QED) is 0.474. The number of thioether (sulfide) groups is 1. The predicted octanol–water partition coefficient (Wildman–Crippen LogP) is 4.58. The molecule has 26 heavy (non-hydrogen) atoms. The molecule has 1 aromatic carbocycles. The van der Waals surface area contributed by atoms with Crippen molar-refractivity contribution in [2.24, 2.45) is 0 Å². The largest absolute Gasteiger partial charge is 0.294 e. The maximum absolute atomic E-state index is 12.7. The lowest BCUT2D eigenvalue weighted by Gasteiger charge is -2.23. The molecule has 0 saturated carbocycles. The minimum absolute atomic E-state index is 0.108. The zero-order valence-corrected chi connectivity index (χ0v) is 16.1. The minimum atomic E-state index is 0.108. The van der Waals surface area contributed by atoms with Crippen LogP contribution in [0.5, 0.6) is 0 Å². The highest BCUT2D eigenvalue weighted by Gasteiger charge is 2.28. The van der Waals surface area contributed by atoms with Gasteiger partial charge in [0.05, 0.1) is 11.3 Å². The first-order chi connectivity index (χ1) is 12.6. The first-order valence-corrected chi connectivity index (χ1v) is 10.2. The molecule has 2 aromatic heterocycles. The summed E-state index contributed by atoms with van der Waals surface area (Å²) >= 11 is 7.61. The van der Waals surface area contributed by atoms with Crippen LogP contribution in [0.15, 0.2) is 35.6 Å². The minimum Gasteiger partial charge on any atom is -0.294 e. The van der Waals surface area contributed by atoms with Crippen molar-refractivity contribution in [3.05, 3.63) is 52.3 Å². The predicted molar refractivity (Wildman–Crippen MR) is 103 cm³/mol. The van der Waals surface area contributed by atoms with Gasteiger partial charge in [0.25, 0.3) is 5.78 Å². The van der Waals surface area contributed by atoms with Crippen molar-refractivity contribution in [1.29, 1.82) is 0 Å². The van der Waals surface area contributed by atoms with Crippen molar-refractivity contribution < 1.29 is 4.79 Å². The van der Waals surface area contributed by atoms with Crippen LogP contribution in [-0.4, -0.2) is 31.1 Å². The molecule has 7 heteroatoms. The van der Waals surface area contributed by atoms with E-state index in [1.54, 1.807) is 22.5 Å². The van der Waals surface area contributed by atoms with Gasteiger partial charge in [0.15, 0.2) is 5.78 Å². The molecular formula is C19H19ClN4OS. The number of hydrogen-bond donors (Lipinski definition) is 0. The lowest BCUT2D eigenvalue weighted by Crippen LogP contribution is -2.21. The number of Topliss-reactive ketones (excluding diaryl/α,β-unsaturated/α-hetero) is 1. The van der Waals surface area contributed by atoms with Crippen LogP contribution in [0, 0.1) is 0 Å². The Hall–Kier alpha value is -1.92. The van der Waals surface area contributed by atoms with Gasteiger partial charge in [0.2, 0.25) is 5.16 Å². The number of carbonyl (C=O) groups is 1. The normalized spacial score (nSPS) is 16.8. The molecule has 0 fully saturated rings. The Kier molecular flexibility index (Phi) is 4.96. The number of rotatable bonds is 5. The van der Waals surface area contributed by atoms with E-state index in [0.717, 1.165) is 41.4 Å². The number of carbonyl (C=O) groups excluding carboxylic acids is 1. The van der Waals surface area contributed by atoms with Crippen LogP contribution in [0.3, 0.4) is 0 Å². The highest BCUT2D eigenvalue weighted by molar-refractivity contribution is 7.99. The molecule has 0 spiro atoms. The van der Waals surface area contributed by atoms with E-state index < -0.39 is 0 Å². The Morgan fingerprint density at radius 3 is 2.81 bits per heavy atom. The van der Waals surface area contributed by atoms with Gasteiger partial charge in [0.1, 0.15) is 0 Å². The van der Waals surface area contributed by atoms with E-state index in [1.807, 2.05) is 24.3 Å². The summed E-state index contributed by atoms with van der Waals surface area (Å²) in [5.41, 5.74) is 2.59. The van der Waals surface area contributed by atoms with Gasteiger partial charge in [-0.15, -0.1) is 5.10 Å². The zero-order valence-electron chi connectivity index (χ0n) is 14.5. The maximum Gasteiger partial charge on any atom is 0.253 e. The van der Waals surface area contributed by atoms with E-state index in [9.17, 15) is 4.79 Å². The Bertz CT molecular complexity index is 954. The molecule has 3 aromatic rings. The van der Waals surface area contributed by atoms with Crippen LogP contribution in [0.2, 0.25) is 5.02 Å². The van der Waals surface area contributed by atoms with Crippen LogP contribution < -0.4 is 0 Å². The first kappa shape index (κ1) is 17.5. The third-order valence-electron chi connectivity index (χ3n) is 4.63. The maximum atomic E-state index is 12.7. The average Bonchev–Trinajstić information content (AvgIpc) is 3.02. The van der Waals surface area contributed by atoms with Gasteiger partial charge < -0.3 is 0 Å². The molecule has 0 bridgehead atoms. The smallest absolute Gasteiger partial charge is 0.253 e. The summed E-state index contributed by atoms with van der Waals surface area (Å²) in [6, 6.07) is 7.71. The Morgan fingerprint density at radius 2 is 2.04 bits per heavy atom. The molecule has 0 saturated heterocycles. The van der Waals surface area contributed by atoms with Gasteiger partial charge in [-0.3, -0.25) is 4.79 Å². The second-order valence-electron chi connectivity index (χ2n) is 6.52. The molecule has 1 aliphatic rings. The number of halogens is 1. The number of benzene rings is 1. The lowest BCUT2D eigenvalue weighted by molar-refractivity contribution is 0.0962. The van der Waals surface area contributed by atoms with Gasteiger partial charge in [-0.05, 0) is 36.5 Å². The van der Waals surface area contributed by atoms with Gasteiger partial charge in [-0.2, -0.15) is 4.98 Å². The van der Waals surface area contributed by atoms with E-state index in [2.05, 4.69) is 22.0 Å². The molecule has 1 aliphatic carbocycles. The molecule has 5 nitrogen and oxygen atoms in total. The van der Waals surface area contributed by atoms with Crippen molar-refractivity contribution in [1.82, 2.24) is 19.6 Å². The Labute approximate surface area is 161 Å². The highest BCUT2D eigenvalue weighted by Crippen LogP contribution is 2.32. The van der Waals surface area contributed by atoms with Crippen LogP contribution in [0.25, 0.3) is 5.78 Å². The molecule has 0 amide bonds. The third-order valence-corrected chi connectivity index (χ3v) is 5.81. The number of ketones is 1. The van der Waals surface area contributed by atoms with E-state index in [-0.39, 0.29) is 11.7 Å². The van der Waals surface area contributed by atoms with Crippen molar-refractivity contribution in [2.75, 3.05) is 5.75 Å². The fourth-order valence-corrected chi connectivity index (χ4v) is 4.24. The second-order valence-corrected chi connectivity index (χ2v) is 8.02. The average molecular weight is 387 g/mol. The Morgan fingerprint density at radius 1 is 1.23 bits per heavy atom. The summed E-state index contributed by atoms with van der Waals surface area (Å²) in [7, 11) is 0. The molecule has 1 atom stereocenters. The third kappa shape index (κ3) is 3.48.